The van der Waals surface area contributed by atoms with Crippen LogP contribution in [-0.2, 0) is 14.2 Å². The summed E-state index contributed by atoms with van der Waals surface area (Å²) in [6.07, 6.45) is 6.86. The second-order valence-corrected chi connectivity index (χ2v) is 6.23. The van der Waals surface area contributed by atoms with E-state index in [1.165, 1.54) is 12.1 Å². The number of benzene rings is 1. The maximum atomic E-state index is 13.4. The molecule has 1 aromatic rings. The van der Waals surface area contributed by atoms with Crippen molar-refractivity contribution in [3.63, 3.8) is 0 Å². The first-order chi connectivity index (χ1) is 13.9. The van der Waals surface area contributed by atoms with Crippen molar-refractivity contribution in [1.82, 2.24) is 0 Å². The van der Waals surface area contributed by atoms with E-state index in [1.807, 2.05) is 0 Å². The molecule has 0 saturated heterocycles. The van der Waals surface area contributed by atoms with Crippen molar-refractivity contribution in [2.75, 3.05) is 0 Å². The van der Waals surface area contributed by atoms with E-state index in [2.05, 4.69) is 11.6 Å². The number of halogens is 2. The molecule has 0 bridgehead atoms. The van der Waals surface area contributed by atoms with Gasteiger partial charge in [-0.3, -0.25) is 13.9 Å². The molecule has 1 fully saturated rings. The molecule has 150 valence electrons. The molecule has 29 heavy (non-hydrogen) atoms. The molecule has 0 radical (unpaired) electrons. The molecule has 9 heteroatoms. The van der Waals surface area contributed by atoms with E-state index >= 15 is 0 Å². The van der Waals surface area contributed by atoms with Crippen molar-refractivity contribution < 1.29 is 27.7 Å². The average Bonchev–Trinajstić information content (AvgIpc) is 2.74. The van der Waals surface area contributed by atoms with E-state index in [0.29, 0.717) is 5.92 Å². The fourth-order valence-electron chi connectivity index (χ4n) is 2.79. The summed E-state index contributed by atoms with van der Waals surface area (Å²) in [4.78, 5) is 21.4. The standard InChI is InChI=1S/C16H18FNO2.C4HBFNO2/c1-2-11-3-5-12(6-4-11)16(19)20-14-8-7-13(10-18)15(17)9-14;6-5(4-7)9-3-1-2-8/h7-9,11-12H,2-6H2,1H3;2H. The summed E-state index contributed by atoms with van der Waals surface area (Å²) in [5, 5.41) is 16.4. The lowest BCUT2D eigenvalue weighted by atomic mass is 9.81. The molecule has 0 N–H and O–H groups in total. The second kappa shape index (κ2) is 12.9. The van der Waals surface area contributed by atoms with Gasteiger partial charge in [0.2, 0.25) is 0 Å². The highest BCUT2D eigenvalue weighted by Crippen LogP contribution is 2.31. The number of ether oxygens (including phenoxy) is 1. The van der Waals surface area contributed by atoms with Gasteiger partial charge in [0.1, 0.15) is 29.7 Å². The highest BCUT2D eigenvalue weighted by molar-refractivity contribution is 6.53. The quantitative estimate of drug-likeness (QED) is 0.252. The Morgan fingerprint density at radius 2 is 2.00 bits per heavy atom. The van der Waals surface area contributed by atoms with Gasteiger partial charge in [-0.25, -0.2) is 9.65 Å². The third-order valence-electron chi connectivity index (χ3n) is 4.42. The lowest BCUT2D eigenvalue weighted by molar-refractivity contribution is -0.140. The Hall–Kier alpha value is -3.38. The van der Waals surface area contributed by atoms with Crippen LogP contribution < -0.4 is 4.74 Å². The van der Waals surface area contributed by atoms with Crippen LogP contribution in [0.15, 0.2) is 18.2 Å². The smallest absolute Gasteiger partial charge is 0.472 e. The number of carbonyl (C=O) groups excluding carboxylic acids is 2. The maximum Gasteiger partial charge on any atom is 0.696 e. The van der Waals surface area contributed by atoms with Gasteiger partial charge in [0.15, 0.2) is 6.29 Å². The molecule has 0 heterocycles. The van der Waals surface area contributed by atoms with Gasteiger partial charge in [-0.05, 0) is 43.7 Å². The van der Waals surface area contributed by atoms with Crippen molar-refractivity contribution in [2.45, 2.75) is 39.0 Å². The van der Waals surface area contributed by atoms with Crippen molar-refractivity contribution in [2.24, 2.45) is 11.8 Å². The molecule has 2 rings (SSSR count). The average molecular weight is 400 g/mol. The van der Waals surface area contributed by atoms with Gasteiger partial charge >= 0.3 is 13.2 Å². The van der Waals surface area contributed by atoms with Gasteiger partial charge in [0.25, 0.3) is 0 Å². The first kappa shape index (κ1) is 23.7. The van der Waals surface area contributed by atoms with Crippen LogP contribution >= 0.6 is 0 Å². The van der Waals surface area contributed by atoms with E-state index < -0.39 is 13.0 Å². The topological polar surface area (TPSA) is 100 Å². The largest absolute Gasteiger partial charge is 0.696 e. The lowest BCUT2D eigenvalue weighted by Crippen LogP contribution is -2.25. The second-order valence-electron chi connectivity index (χ2n) is 6.23. The molecule has 0 spiro atoms. The Kier molecular flexibility index (Phi) is 10.5. The molecular formula is C20H19BF2N2O4. The number of hydrogen-bond donors (Lipinski definition) is 0. The summed E-state index contributed by atoms with van der Waals surface area (Å²) in [6.45, 7) is 2.17. The summed E-state index contributed by atoms with van der Waals surface area (Å²) in [5.74, 6) is 2.74. The summed E-state index contributed by atoms with van der Waals surface area (Å²) in [5.41, 5.74) is -0.0479. The number of nitriles is 2. The van der Waals surface area contributed by atoms with Crippen LogP contribution in [0.3, 0.4) is 0 Å². The van der Waals surface area contributed by atoms with Gasteiger partial charge in [0, 0.05) is 12.0 Å². The van der Waals surface area contributed by atoms with Crippen molar-refractivity contribution in [1.29, 1.82) is 10.5 Å². The first-order valence-corrected chi connectivity index (χ1v) is 8.99. The minimum absolute atomic E-state index is 0.0479. The van der Waals surface area contributed by atoms with Gasteiger partial charge in [-0.2, -0.15) is 5.26 Å². The maximum absolute atomic E-state index is 13.4. The molecule has 0 unspecified atom stereocenters. The van der Waals surface area contributed by atoms with E-state index in [0.717, 1.165) is 44.1 Å². The number of aldehydes is 1. The highest BCUT2D eigenvalue weighted by Gasteiger charge is 2.27. The normalized spacial score (nSPS) is 17.0. The molecule has 0 aliphatic heterocycles. The predicted molar refractivity (Wildman–Crippen MR) is 99.9 cm³/mol. The molecule has 6 nitrogen and oxygen atoms in total. The van der Waals surface area contributed by atoms with Crippen LogP contribution in [0, 0.1) is 52.2 Å². The monoisotopic (exact) mass is 400 g/mol. The number of esters is 1. The Bertz CT molecular complexity index is 847. The van der Waals surface area contributed by atoms with Crippen molar-refractivity contribution in [3.05, 3.63) is 29.6 Å². The van der Waals surface area contributed by atoms with Crippen LogP contribution in [0.4, 0.5) is 8.71 Å². The van der Waals surface area contributed by atoms with Crippen molar-refractivity contribution >= 4 is 19.4 Å². The van der Waals surface area contributed by atoms with Gasteiger partial charge < -0.3 is 9.39 Å². The van der Waals surface area contributed by atoms with E-state index in [-0.39, 0.29) is 29.5 Å². The zero-order chi connectivity index (χ0) is 21.6. The Morgan fingerprint density at radius 1 is 1.31 bits per heavy atom. The molecule has 1 aliphatic carbocycles. The highest BCUT2D eigenvalue weighted by atomic mass is 19.1. The third-order valence-corrected chi connectivity index (χ3v) is 4.42. The fourth-order valence-corrected chi connectivity index (χ4v) is 2.79. The predicted octanol–water partition coefficient (Wildman–Crippen LogP) is 3.50. The molecular weight excluding hydrogens is 381 g/mol. The van der Waals surface area contributed by atoms with E-state index in [4.69, 9.17) is 15.3 Å². The zero-order valence-corrected chi connectivity index (χ0v) is 15.9. The minimum atomic E-state index is -2.07. The molecule has 0 atom stereocenters. The molecule has 0 aromatic heterocycles. The summed E-state index contributed by atoms with van der Waals surface area (Å²) in [6, 6.07) is 5.61. The number of rotatable bonds is 4. The van der Waals surface area contributed by atoms with E-state index in [1.54, 1.807) is 18.1 Å². The van der Waals surface area contributed by atoms with Crippen LogP contribution in [0.2, 0.25) is 0 Å². The lowest BCUT2D eigenvalue weighted by Gasteiger charge is -2.26. The molecule has 0 amide bonds. The summed E-state index contributed by atoms with van der Waals surface area (Å²) < 4.78 is 34.1. The SMILES string of the molecule is CCC1CCC(C(=O)Oc2ccc(C#N)c(F)c2)CC1.N#CB(F)OC#CC=O. The van der Waals surface area contributed by atoms with Crippen LogP contribution in [0.5, 0.6) is 5.75 Å². The van der Waals surface area contributed by atoms with Crippen LogP contribution in [-0.4, -0.2) is 19.4 Å². The number of carbonyl (C=O) groups is 2. The Morgan fingerprint density at radius 3 is 2.52 bits per heavy atom. The zero-order valence-electron chi connectivity index (χ0n) is 15.9. The fraction of sp³-hybridized carbons (Fsp3) is 0.400. The van der Waals surface area contributed by atoms with Crippen LogP contribution in [0.1, 0.15) is 44.6 Å². The van der Waals surface area contributed by atoms with Crippen molar-refractivity contribution in [3.8, 4) is 29.8 Å². The molecule has 1 aromatic carbocycles. The summed E-state index contributed by atoms with van der Waals surface area (Å²) in [7, 11) is -2.07. The van der Waals surface area contributed by atoms with E-state index in [9.17, 15) is 18.3 Å². The number of nitrogens with zero attached hydrogens (tertiary/aromatic N) is 2. The Labute approximate surface area is 168 Å². The minimum Gasteiger partial charge on any atom is -0.472 e. The molecule has 1 saturated carbocycles. The molecule has 1 aliphatic rings. The first-order valence-electron chi connectivity index (χ1n) is 8.99. The summed E-state index contributed by atoms with van der Waals surface area (Å²) >= 11 is 0. The number of hydrogen-bond acceptors (Lipinski definition) is 6. The third kappa shape index (κ3) is 8.45. The van der Waals surface area contributed by atoms with Gasteiger partial charge in [0.05, 0.1) is 11.5 Å². The Balaban J connectivity index is 0.000000396. The van der Waals surface area contributed by atoms with Crippen LogP contribution in [0.25, 0.3) is 0 Å². The van der Waals surface area contributed by atoms with Gasteiger partial charge in [-0.1, -0.05) is 13.3 Å². The van der Waals surface area contributed by atoms with Gasteiger partial charge in [-0.15, -0.1) is 0 Å².